The summed E-state index contributed by atoms with van der Waals surface area (Å²) in [4.78, 5) is -0.0741. The zero-order valence-electron chi connectivity index (χ0n) is 17.6. The van der Waals surface area contributed by atoms with E-state index in [0.717, 1.165) is 0 Å². The molecule has 0 amide bonds. The minimum absolute atomic E-state index is 0. The van der Waals surface area contributed by atoms with Gasteiger partial charge in [-0.25, -0.2) is 0 Å². The fourth-order valence-corrected chi connectivity index (χ4v) is 19.9. The molecule has 2 fully saturated rings. The maximum atomic E-state index is 10.4. The van der Waals surface area contributed by atoms with Gasteiger partial charge in [0.2, 0.25) is 0 Å². The predicted octanol–water partition coefficient (Wildman–Crippen LogP) is 6.10. The molecule has 2 saturated carbocycles. The van der Waals surface area contributed by atoms with E-state index < -0.39 is 31.9 Å². The molecule has 1 N–H and O–H groups in total. The van der Waals surface area contributed by atoms with Crippen molar-refractivity contribution in [3.8, 4) is 0 Å². The first-order valence-electron chi connectivity index (χ1n) is 10.9. The van der Waals surface area contributed by atoms with Crippen molar-refractivity contribution in [3.63, 3.8) is 0 Å². The van der Waals surface area contributed by atoms with Crippen molar-refractivity contribution in [1.29, 1.82) is 0 Å². The van der Waals surface area contributed by atoms with Crippen LogP contribution in [0.15, 0.2) is 65.6 Å². The van der Waals surface area contributed by atoms with Crippen LogP contribution < -0.4 is 3.27 Å². The molecule has 2 aromatic carbocycles. The van der Waals surface area contributed by atoms with Gasteiger partial charge in [-0.3, -0.25) is 4.55 Å². The van der Waals surface area contributed by atoms with Crippen LogP contribution in [0.1, 0.15) is 64.2 Å². The zero-order chi connectivity index (χ0) is 20.5. The summed E-state index contributed by atoms with van der Waals surface area (Å²) in [5.41, 5.74) is 0. The molecule has 0 atom stereocenters. The van der Waals surface area contributed by atoms with Gasteiger partial charge in [-0.1, -0.05) is 18.2 Å². The molecule has 6 heteroatoms. The summed E-state index contributed by atoms with van der Waals surface area (Å²) >= 11 is -1.51. The number of benzene rings is 2. The van der Waals surface area contributed by atoms with Gasteiger partial charge in [-0.05, 0) is 12.1 Å². The van der Waals surface area contributed by atoms with Crippen LogP contribution >= 0.6 is 13.5 Å². The number of hydrogen-bond acceptors (Lipinski definition) is 2. The molecule has 2 aromatic rings. The van der Waals surface area contributed by atoms with Crippen LogP contribution in [0.4, 0.5) is 0 Å². The summed E-state index contributed by atoms with van der Waals surface area (Å²) < 4.78 is 33.4. The van der Waals surface area contributed by atoms with E-state index in [1.165, 1.54) is 57.9 Å². The Bertz CT molecular complexity index is 798. The van der Waals surface area contributed by atoms with E-state index in [-0.39, 0.29) is 18.4 Å². The van der Waals surface area contributed by atoms with Crippen LogP contribution in [0, 0.1) is 0 Å². The van der Waals surface area contributed by atoms with E-state index in [1.54, 1.807) is 43.9 Å². The zero-order valence-corrected chi connectivity index (χ0v) is 22.9. The monoisotopic (exact) mass is 644 g/mol. The second-order valence-corrected chi connectivity index (χ2v) is 20.4. The molecule has 0 aliphatic heterocycles. The summed E-state index contributed by atoms with van der Waals surface area (Å²) in [7, 11) is -4.00. The Hall–Kier alpha value is -0.417. The Morgan fingerprint density at radius 3 is 1.43 bits per heavy atom. The van der Waals surface area contributed by atoms with Gasteiger partial charge in [0, 0.05) is 0 Å². The molecule has 3 nitrogen and oxygen atoms in total. The molecule has 2 aliphatic carbocycles. The SMILES string of the molecule is O=S(=O)(O)c1ccccc1.S.c1cc[c]([Bi]([CH]2CCCCC2)[CH]2CCCCC2)cc1. The molecule has 0 saturated heterocycles. The first kappa shape index (κ1) is 25.8. The van der Waals surface area contributed by atoms with E-state index in [0.29, 0.717) is 0 Å². The first-order chi connectivity index (χ1) is 14.1. The van der Waals surface area contributed by atoms with E-state index in [1.807, 2.05) is 3.27 Å². The van der Waals surface area contributed by atoms with Crippen molar-refractivity contribution in [1.82, 2.24) is 0 Å². The average Bonchev–Trinajstić information content (AvgIpc) is 2.77. The Balaban J connectivity index is 0.000000249. The van der Waals surface area contributed by atoms with E-state index >= 15 is 0 Å². The quantitative estimate of drug-likeness (QED) is 0.323. The van der Waals surface area contributed by atoms with Crippen molar-refractivity contribution in [2.75, 3.05) is 0 Å². The van der Waals surface area contributed by atoms with Gasteiger partial charge in [-0.2, -0.15) is 21.9 Å². The molecule has 0 unspecified atom stereocenters. The van der Waals surface area contributed by atoms with Gasteiger partial charge in [-0.15, -0.1) is 0 Å². The summed E-state index contributed by atoms with van der Waals surface area (Å²) in [5, 5.41) is 0. The van der Waals surface area contributed by atoms with Gasteiger partial charge < -0.3 is 0 Å². The number of hydrogen-bond donors (Lipinski definition) is 1. The molecule has 0 heterocycles. The summed E-state index contributed by atoms with van der Waals surface area (Å²) in [6, 6.07) is 19.2. The van der Waals surface area contributed by atoms with E-state index in [9.17, 15) is 8.42 Å². The predicted molar refractivity (Wildman–Crippen MR) is 132 cm³/mol. The molecule has 0 aromatic heterocycles. The Morgan fingerprint density at radius 1 is 0.667 bits per heavy atom. The topological polar surface area (TPSA) is 54.4 Å². The first-order valence-corrected chi connectivity index (χ1v) is 18.1. The van der Waals surface area contributed by atoms with Gasteiger partial charge in [0.15, 0.2) is 0 Å². The number of rotatable bonds is 4. The van der Waals surface area contributed by atoms with Crippen molar-refractivity contribution >= 4 is 48.6 Å². The van der Waals surface area contributed by atoms with Crippen LogP contribution in [-0.2, 0) is 10.1 Å². The molecule has 2 aliphatic rings. The van der Waals surface area contributed by atoms with Crippen LogP contribution in [0.2, 0.25) is 7.25 Å². The normalized spacial score (nSPS) is 18.2. The van der Waals surface area contributed by atoms with Gasteiger partial charge in [0.1, 0.15) is 0 Å². The molecular weight excluding hydrogens is 609 g/mol. The molecule has 0 bridgehead atoms. The third kappa shape index (κ3) is 7.93. The van der Waals surface area contributed by atoms with Crippen molar-refractivity contribution < 1.29 is 13.0 Å². The molecular formula is C24H35BiO3S2. The summed E-state index contributed by atoms with van der Waals surface area (Å²) in [5.74, 6) is 0. The second kappa shape index (κ2) is 13.2. The average molecular weight is 645 g/mol. The van der Waals surface area contributed by atoms with Crippen LogP contribution in [-0.4, -0.2) is 34.7 Å². The fraction of sp³-hybridized carbons (Fsp3) is 0.500. The molecule has 0 spiro atoms. The van der Waals surface area contributed by atoms with Crippen LogP contribution in [0.25, 0.3) is 0 Å². The maximum absolute atomic E-state index is 10.4. The van der Waals surface area contributed by atoms with Gasteiger partial charge in [0.25, 0.3) is 10.1 Å². The third-order valence-corrected chi connectivity index (χ3v) is 20.5. The van der Waals surface area contributed by atoms with Crippen LogP contribution in [0.3, 0.4) is 0 Å². The molecule has 0 radical (unpaired) electrons. The minimum atomic E-state index is -4.00. The van der Waals surface area contributed by atoms with Gasteiger partial charge >= 0.3 is 127 Å². The molecule has 30 heavy (non-hydrogen) atoms. The van der Waals surface area contributed by atoms with Crippen molar-refractivity contribution in [3.05, 3.63) is 60.7 Å². The van der Waals surface area contributed by atoms with Gasteiger partial charge in [0.05, 0.1) is 4.90 Å². The van der Waals surface area contributed by atoms with E-state index in [2.05, 4.69) is 30.3 Å². The van der Waals surface area contributed by atoms with Crippen molar-refractivity contribution in [2.24, 2.45) is 0 Å². The van der Waals surface area contributed by atoms with Crippen LogP contribution in [0.5, 0.6) is 0 Å². The van der Waals surface area contributed by atoms with Crippen molar-refractivity contribution in [2.45, 2.75) is 76.4 Å². The Morgan fingerprint density at radius 2 is 1.07 bits per heavy atom. The third-order valence-electron chi connectivity index (χ3n) is 6.03. The summed E-state index contributed by atoms with van der Waals surface area (Å²) in [6.07, 6.45) is 15.4. The fourth-order valence-electron chi connectivity index (χ4n) is 4.63. The van der Waals surface area contributed by atoms with E-state index in [4.69, 9.17) is 4.55 Å². The molecule has 4 rings (SSSR count). The Kier molecular flexibility index (Phi) is 11.4. The molecule has 166 valence electrons. The second-order valence-electron chi connectivity index (χ2n) is 8.11. The standard InChI is InChI=1S/C6H6O3S.2C6H11.C6H5.Bi.H2S/c7-10(8,9)6-4-2-1-3-5-6;3*1-2-4-6-5-3-1;;/h1-5H,(H,7,8,9);2*1H,2-6H2;1-5H;;1H2. The summed E-state index contributed by atoms with van der Waals surface area (Å²) in [6.45, 7) is 0. The Labute approximate surface area is 197 Å².